The summed E-state index contributed by atoms with van der Waals surface area (Å²) in [5.74, 6) is 2.34. The second-order valence-corrected chi connectivity index (χ2v) is 6.94. The number of hydrogen-bond acceptors (Lipinski definition) is 1. The lowest BCUT2D eigenvalue weighted by Gasteiger charge is -2.39. The molecule has 2 aliphatic rings. The van der Waals surface area contributed by atoms with Gasteiger partial charge in [-0.1, -0.05) is 32.6 Å². The number of hydrogen-bond donors (Lipinski definition) is 1. The van der Waals surface area contributed by atoms with Crippen LogP contribution < -0.4 is 0 Å². The van der Waals surface area contributed by atoms with Crippen LogP contribution in [0.3, 0.4) is 0 Å². The van der Waals surface area contributed by atoms with Crippen molar-refractivity contribution in [2.24, 2.45) is 23.7 Å². The van der Waals surface area contributed by atoms with Crippen LogP contribution in [0.15, 0.2) is 0 Å². The third-order valence-electron chi connectivity index (χ3n) is 5.66. The van der Waals surface area contributed by atoms with Crippen LogP contribution >= 0.6 is 0 Å². The summed E-state index contributed by atoms with van der Waals surface area (Å²) < 4.78 is 14.4. The van der Waals surface area contributed by atoms with Crippen molar-refractivity contribution >= 4 is 0 Å². The quantitative estimate of drug-likeness (QED) is 0.765. The number of aliphatic hydroxyl groups is 1. The molecular weight excluding hydrogens is 239 g/mol. The first-order valence-electron chi connectivity index (χ1n) is 8.49. The van der Waals surface area contributed by atoms with Gasteiger partial charge in [-0.2, -0.15) is 0 Å². The van der Waals surface area contributed by atoms with Crippen molar-refractivity contribution in [3.05, 3.63) is 0 Å². The maximum absolute atomic E-state index is 14.4. The lowest BCUT2D eigenvalue weighted by molar-refractivity contribution is 0.0516. The van der Waals surface area contributed by atoms with E-state index in [0.29, 0.717) is 24.2 Å². The van der Waals surface area contributed by atoms with E-state index in [0.717, 1.165) is 25.2 Å². The van der Waals surface area contributed by atoms with Crippen molar-refractivity contribution < 1.29 is 9.50 Å². The Balaban J connectivity index is 1.77. The zero-order valence-corrected chi connectivity index (χ0v) is 12.5. The molecule has 0 heterocycles. The molecule has 0 bridgehead atoms. The van der Waals surface area contributed by atoms with Gasteiger partial charge in [-0.05, 0) is 62.2 Å². The second-order valence-electron chi connectivity index (χ2n) is 6.94. The fourth-order valence-electron chi connectivity index (χ4n) is 4.51. The molecule has 19 heavy (non-hydrogen) atoms. The molecule has 2 aliphatic carbocycles. The van der Waals surface area contributed by atoms with Gasteiger partial charge in [-0.25, -0.2) is 4.39 Å². The SMILES string of the molecule is CCCC1CCC(C2CCC(CCO)CC2F)CC1. The van der Waals surface area contributed by atoms with Crippen LogP contribution in [0.2, 0.25) is 0 Å². The van der Waals surface area contributed by atoms with Crippen LogP contribution in [-0.4, -0.2) is 17.9 Å². The van der Waals surface area contributed by atoms with Gasteiger partial charge in [-0.3, -0.25) is 0 Å². The predicted octanol–water partition coefficient (Wildman–Crippen LogP) is 4.73. The van der Waals surface area contributed by atoms with Gasteiger partial charge in [0.1, 0.15) is 6.17 Å². The molecule has 0 aromatic carbocycles. The Kier molecular flexibility index (Phi) is 6.12. The number of halogens is 1. The van der Waals surface area contributed by atoms with Crippen molar-refractivity contribution in [1.82, 2.24) is 0 Å². The van der Waals surface area contributed by atoms with E-state index in [-0.39, 0.29) is 6.61 Å². The molecule has 0 saturated heterocycles. The molecule has 1 N–H and O–H groups in total. The summed E-state index contributed by atoms with van der Waals surface area (Å²) in [5.41, 5.74) is 0. The molecule has 3 atom stereocenters. The van der Waals surface area contributed by atoms with Crippen molar-refractivity contribution in [3.8, 4) is 0 Å². The molecule has 1 nitrogen and oxygen atoms in total. The van der Waals surface area contributed by atoms with Crippen LogP contribution in [0, 0.1) is 23.7 Å². The first-order chi connectivity index (χ1) is 9.24. The Morgan fingerprint density at radius 3 is 2.21 bits per heavy atom. The van der Waals surface area contributed by atoms with Crippen LogP contribution in [0.25, 0.3) is 0 Å². The lowest BCUT2D eigenvalue weighted by atomic mass is 9.67. The number of alkyl halides is 1. The molecule has 3 unspecified atom stereocenters. The number of aliphatic hydroxyl groups excluding tert-OH is 1. The van der Waals surface area contributed by atoms with E-state index in [1.54, 1.807) is 0 Å². The number of rotatable bonds is 5. The predicted molar refractivity (Wildman–Crippen MR) is 77.8 cm³/mol. The average molecular weight is 270 g/mol. The van der Waals surface area contributed by atoms with Gasteiger partial charge in [0, 0.05) is 6.61 Å². The fraction of sp³-hybridized carbons (Fsp3) is 1.00. The van der Waals surface area contributed by atoms with Gasteiger partial charge in [0.05, 0.1) is 0 Å². The van der Waals surface area contributed by atoms with Gasteiger partial charge in [0.25, 0.3) is 0 Å². The Morgan fingerprint density at radius 1 is 0.947 bits per heavy atom. The molecule has 2 rings (SSSR count). The van der Waals surface area contributed by atoms with Crippen LogP contribution in [0.5, 0.6) is 0 Å². The molecular formula is C17H31FO. The van der Waals surface area contributed by atoms with E-state index in [1.807, 2.05) is 0 Å². The van der Waals surface area contributed by atoms with Crippen LogP contribution in [0.4, 0.5) is 4.39 Å². The Morgan fingerprint density at radius 2 is 1.63 bits per heavy atom. The van der Waals surface area contributed by atoms with Crippen LogP contribution in [-0.2, 0) is 0 Å². The highest BCUT2D eigenvalue weighted by atomic mass is 19.1. The Hall–Kier alpha value is -0.110. The monoisotopic (exact) mass is 270 g/mol. The molecule has 0 spiro atoms. The first kappa shape index (κ1) is 15.3. The minimum absolute atomic E-state index is 0.226. The molecule has 2 fully saturated rings. The Labute approximate surface area is 118 Å². The van der Waals surface area contributed by atoms with E-state index in [4.69, 9.17) is 5.11 Å². The normalized spacial score (nSPS) is 40.3. The van der Waals surface area contributed by atoms with E-state index in [9.17, 15) is 4.39 Å². The molecule has 0 aromatic heterocycles. The van der Waals surface area contributed by atoms with Crippen molar-refractivity contribution in [2.75, 3.05) is 6.61 Å². The maximum Gasteiger partial charge on any atom is 0.103 e. The summed E-state index contributed by atoms with van der Waals surface area (Å²) in [7, 11) is 0. The summed E-state index contributed by atoms with van der Waals surface area (Å²) in [6.07, 6.45) is 11.0. The van der Waals surface area contributed by atoms with Gasteiger partial charge in [0.15, 0.2) is 0 Å². The van der Waals surface area contributed by atoms with Gasteiger partial charge < -0.3 is 5.11 Å². The molecule has 2 heteroatoms. The van der Waals surface area contributed by atoms with Crippen molar-refractivity contribution in [3.63, 3.8) is 0 Å². The van der Waals surface area contributed by atoms with Gasteiger partial charge >= 0.3 is 0 Å². The molecule has 112 valence electrons. The zero-order chi connectivity index (χ0) is 13.7. The smallest absolute Gasteiger partial charge is 0.103 e. The summed E-state index contributed by atoms with van der Waals surface area (Å²) in [4.78, 5) is 0. The highest BCUT2D eigenvalue weighted by Gasteiger charge is 2.36. The van der Waals surface area contributed by atoms with Crippen LogP contribution in [0.1, 0.15) is 71.1 Å². The third kappa shape index (κ3) is 4.18. The minimum atomic E-state index is -0.599. The second kappa shape index (κ2) is 7.61. The van der Waals surface area contributed by atoms with Gasteiger partial charge in [-0.15, -0.1) is 0 Å². The minimum Gasteiger partial charge on any atom is -0.396 e. The summed E-state index contributed by atoms with van der Waals surface area (Å²) in [6, 6.07) is 0. The lowest BCUT2D eigenvalue weighted by Crippen LogP contribution is -2.34. The van der Waals surface area contributed by atoms with Gasteiger partial charge in [0.2, 0.25) is 0 Å². The first-order valence-corrected chi connectivity index (χ1v) is 8.49. The van der Waals surface area contributed by atoms with Crippen molar-refractivity contribution in [1.29, 1.82) is 0 Å². The maximum atomic E-state index is 14.4. The van der Waals surface area contributed by atoms with E-state index in [2.05, 4.69) is 6.92 Å². The molecule has 0 radical (unpaired) electrons. The molecule has 0 amide bonds. The summed E-state index contributed by atoms with van der Waals surface area (Å²) in [5, 5.41) is 8.98. The van der Waals surface area contributed by atoms with Crippen molar-refractivity contribution in [2.45, 2.75) is 77.3 Å². The molecule has 2 saturated carbocycles. The standard InChI is InChI=1S/C17H31FO/c1-2-3-13-4-7-15(8-5-13)16-9-6-14(10-11-19)12-17(16)18/h13-17,19H,2-12H2,1H3. The third-order valence-corrected chi connectivity index (χ3v) is 5.66. The molecule has 0 aliphatic heterocycles. The highest BCUT2D eigenvalue weighted by molar-refractivity contribution is 4.87. The summed E-state index contributed by atoms with van der Waals surface area (Å²) in [6.45, 7) is 2.50. The largest absolute Gasteiger partial charge is 0.396 e. The van der Waals surface area contributed by atoms with E-state index >= 15 is 0 Å². The topological polar surface area (TPSA) is 20.2 Å². The van der Waals surface area contributed by atoms with E-state index in [1.165, 1.54) is 38.5 Å². The van der Waals surface area contributed by atoms with E-state index < -0.39 is 6.17 Å². The Bertz CT molecular complexity index is 248. The average Bonchev–Trinajstić information content (AvgIpc) is 2.41. The summed E-state index contributed by atoms with van der Waals surface area (Å²) >= 11 is 0. The zero-order valence-electron chi connectivity index (χ0n) is 12.5. The fourth-order valence-corrected chi connectivity index (χ4v) is 4.51. The molecule has 0 aromatic rings. The highest BCUT2D eigenvalue weighted by Crippen LogP contribution is 2.43.